The highest BCUT2D eigenvalue weighted by atomic mass is 16.7. The zero-order valence-electron chi connectivity index (χ0n) is 44.2. The van der Waals surface area contributed by atoms with Gasteiger partial charge in [0.05, 0.1) is 98.2 Å². The van der Waals surface area contributed by atoms with Gasteiger partial charge in [-0.1, -0.05) is 6.07 Å². The molecule has 33 heteroatoms. The Kier molecular flexibility index (Phi) is 17.3. The van der Waals surface area contributed by atoms with Gasteiger partial charge in [0.1, 0.15) is 17.2 Å². The molecule has 86 heavy (non-hydrogen) atoms. The van der Waals surface area contributed by atoms with E-state index in [1.807, 2.05) is 0 Å². The van der Waals surface area contributed by atoms with Gasteiger partial charge in [-0.25, -0.2) is 0 Å². The molecule has 0 aliphatic heterocycles. The fourth-order valence-corrected chi connectivity index (χ4v) is 9.15. The molecule has 33 nitrogen and oxygen atoms in total. The first kappa shape index (κ1) is 59.5. The summed E-state index contributed by atoms with van der Waals surface area (Å²) in [6, 6.07) is 20.1. The van der Waals surface area contributed by atoms with E-state index in [-0.39, 0.29) is 97.6 Å². The highest BCUT2D eigenvalue weighted by Gasteiger charge is 2.29. The van der Waals surface area contributed by atoms with Crippen LogP contribution in [0.5, 0.6) is 17.2 Å². The Bertz CT molecular complexity index is 4120. The summed E-state index contributed by atoms with van der Waals surface area (Å²) in [5.74, 6) is -2.50. The number of ketones is 1. The van der Waals surface area contributed by atoms with Crippen molar-refractivity contribution in [1.29, 1.82) is 0 Å². The number of carbonyl (C=O) groups excluding carboxylic acids is 1. The summed E-state index contributed by atoms with van der Waals surface area (Å²) in [6.07, 6.45) is 0.0267. The van der Waals surface area contributed by atoms with Gasteiger partial charge in [0, 0.05) is 73.7 Å². The van der Waals surface area contributed by atoms with Crippen LogP contribution in [0.1, 0.15) is 46.7 Å². The third-order valence-corrected chi connectivity index (χ3v) is 12.8. The van der Waals surface area contributed by atoms with E-state index < -0.39 is 110 Å². The third-order valence-electron chi connectivity index (χ3n) is 12.8. The predicted octanol–water partition coefficient (Wildman–Crippen LogP) is 13.4. The average molecular weight is 1170 g/mol. The number of benzene rings is 7. The van der Waals surface area contributed by atoms with Crippen LogP contribution in [-0.4, -0.2) is 61.3 Å². The topological polar surface area (TPSA) is 478 Å². The quantitative estimate of drug-likeness (QED) is 0.0295. The molecule has 1 atom stereocenters. The molecule has 0 radical (unpaired) electrons. The molecule has 1 unspecified atom stereocenters. The number of allylic oxidation sites excluding steroid dienone is 2. The molecular weight excluding hydrogens is 1130 g/mol. The minimum Gasteiger partial charge on any atom is -0.508 e. The van der Waals surface area contributed by atoms with Crippen LogP contribution in [0, 0.1) is 83.6 Å². The maximum absolute atomic E-state index is 13.3. The van der Waals surface area contributed by atoms with Crippen LogP contribution in [0.15, 0.2) is 163 Å². The number of aromatic hydroxyl groups is 3. The second-order valence-corrected chi connectivity index (χ2v) is 18.9. The van der Waals surface area contributed by atoms with Gasteiger partial charge in [-0.15, -0.1) is 15.3 Å². The first-order valence-electron chi connectivity index (χ1n) is 24.7. The Morgan fingerprint density at radius 3 is 1.22 bits per heavy atom. The number of aryl methyl sites for hydroxylation is 1. The van der Waals surface area contributed by atoms with Crippen molar-refractivity contribution in [3.63, 3.8) is 0 Å². The lowest BCUT2D eigenvalue weighted by atomic mass is 9.81. The van der Waals surface area contributed by atoms with Crippen molar-refractivity contribution in [3.8, 4) is 17.2 Å². The van der Waals surface area contributed by atoms with Crippen LogP contribution in [-0.2, 0) is 24.1 Å². The number of hydrazone groups is 1. The van der Waals surface area contributed by atoms with Gasteiger partial charge in [0.2, 0.25) is 0 Å². The number of nitrogens with one attached hydrogen (secondary N) is 1. The molecule has 0 heterocycles. The Hall–Kier alpha value is -12.6. The number of azo groups is 3. The van der Waals surface area contributed by atoms with Crippen molar-refractivity contribution in [2.45, 2.75) is 39.5 Å². The molecule has 434 valence electrons. The standard InChI is InChI=1S/C53H39N15O18/c1-27-6-46(69)11-29(50(27)58-54-35-4-3-5-39(17-35)62(73)74)8-31-13-48(71)15-33(52(31)60-56-37-20-42(65(79)80)25-43(21-37)66(81)82)10-34-16-49(72)14-32(53(34)61-57-38-22-44(67(83)84)26-45(23-38)68(85)86)9-30-12-47(70)7-28(2)51(30)59-55-36-18-40(63(75)76)24-41(19-36)64(77)78/h3-7,12-26,29,54,70-72H,8-11H2,1-2H3. The molecule has 0 saturated heterocycles. The summed E-state index contributed by atoms with van der Waals surface area (Å²) >= 11 is 0. The van der Waals surface area contributed by atoms with Gasteiger partial charge >= 0.3 is 0 Å². The smallest absolute Gasteiger partial charge is 0.278 e. The molecule has 4 N–H and O–H groups in total. The van der Waals surface area contributed by atoms with E-state index in [0.29, 0.717) is 23.8 Å². The molecule has 0 fully saturated rings. The number of nitro groups is 7. The van der Waals surface area contributed by atoms with Crippen LogP contribution in [0.4, 0.5) is 79.6 Å². The summed E-state index contributed by atoms with van der Waals surface area (Å²) in [5, 5.41) is 147. The Labute approximate surface area is 479 Å². The number of phenols is 3. The van der Waals surface area contributed by atoms with Gasteiger partial charge in [-0.3, -0.25) is 81.0 Å². The lowest BCUT2D eigenvalue weighted by molar-refractivity contribution is -0.394. The van der Waals surface area contributed by atoms with E-state index in [1.165, 1.54) is 73.7 Å². The van der Waals surface area contributed by atoms with E-state index in [4.69, 9.17) is 0 Å². The number of rotatable bonds is 21. The summed E-state index contributed by atoms with van der Waals surface area (Å²) in [5.41, 5.74) is -2.12. The fourth-order valence-electron chi connectivity index (χ4n) is 9.15. The molecule has 7 aromatic carbocycles. The number of hydrogen-bond donors (Lipinski definition) is 4. The van der Waals surface area contributed by atoms with Crippen molar-refractivity contribution < 1.29 is 54.6 Å². The summed E-state index contributed by atoms with van der Waals surface area (Å²) in [7, 11) is 0. The molecule has 8 rings (SSSR count). The second kappa shape index (κ2) is 25.1. The van der Waals surface area contributed by atoms with Gasteiger partial charge in [-0.05, 0) is 108 Å². The monoisotopic (exact) mass is 1170 g/mol. The molecule has 0 amide bonds. The van der Waals surface area contributed by atoms with Crippen molar-refractivity contribution in [2.75, 3.05) is 5.43 Å². The first-order valence-corrected chi connectivity index (χ1v) is 24.7. The maximum Gasteiger partial charge on any atom is 0.278 e. The molecule has 0 bridgehead atoms. The highest BCUT2D eigenvalue weighted by molar-refractivity contribution is 6.12. The number of carbonyl (C=O) groups is 1. The van der Waals surface area contributed by atoms with Gasteiger partial charge in [0.15, 0.2) is 5.78 Å². The summed E-state index contributed by atoms with van der Waals surface area (Å²) < 4.78 is 0. The molecule has 0 saturated carbocycles. The molecular formula is C53H39N15O18. The lowest BCUT2D eigenvalue weighted by Crippen LogP contribution is -2.27. The van der Waals surface area contributed by atoms with Crippen LogP contribution in [0.25, 0.3) is 0 Å². The number of nitro benzene ring substituents is 7. The molecule has 1 aliphatic carbocycles. The Morgan fingerprint density at radius 2 is 0.814 bits per heavy atom. The third kappa shape index (κ3) is 14.3. The minimum absolute atomic E-state index is 0.000914. The normalized spacial score (nSPS) is 13.7. The maximum atomic E-state index is 13.3. The van der Waals surface area contributed by atoms with E-state index in [9.17, 15) is 90.9 Å². The van der Waals surface area contributed by atoms with Crippen molar-refractivity contribution in [2.24, 2.45) is 41.7 Å². The number of nitrogens with zero attached hydrogens (tertiary/aromatic N) is 14. The van der Waals surface area contributed by atoms with Crippen LogP contribution in [0.3, 0.4) is 0 Å². The number of phenolic OH excluding ortho intramolecular Hbond substituents is 3. The minimum atomic E-state index is -0.916. The zero-order chi connectivity index (χ0) is 62.3. The molecule has 0 spiro atoms. The number of non-ortho nitro benzene ring substituents is 7. The van der Waals surface area contributed by atoms with Gasteiger partial charge in [0.25, 0.3) is 39.8 Å². The Balaban J connectivity index is 1.33. The molecule has 0 aromatic heterocycles. The van der Waals surface area contributed by atoms with Crippen LogP contribution in [0.2, 0.25) is 0 Å². The van der Waals surface area contributed by atoms with Crippen LogP contribution >= 0.6 is 0 Å². The van der Waals surface area contributed by atoms with E-state index in [0.717, 1.165) is 36.4 Å². The van der Waals surface area contributed by atoms with E-state index >= 15 is 0 Å². The average Bonchev–Trinajstić information content (AvgIpc) is 3.54. The van der Waals surface area contributed by atoms with Gasteiger partial charge < -0.3 is 15.3 Å². The molecule has 1 aliphatic rings. The Morgan fingerprint density at radius 1 is 0.453 bits per heavy atom. The van der Waals surface area contributed by atoms with Crippen molar-refractivity contribution in [3.05, 3.63) is 231 Å². The zero-order valence-corrected chi connectivity index (χ0v) is 44.2. The van der Waals surface area contributed by atoms with Crippen molar-refractivity contribution in [1.82, 2.24) is 0 Å². The van der Waals surface area contributed by atoms with E-state index in [2.05, 4.69) is 41.2 Å². The predicted molar refractivity (Wildman–Crippen MR) is 301 cm³/mol. The lowest BCUT2D eigenvalue weighted by Gasteiger charge is -2.24. The molecule has 7 aromatic rings. The van der Waals surface area contributed by atoms with Gasteiger partial charge in [-0.2, -0.15) is 20.4 Å². The van der Waals surface area contributed by atoms with E-state index in [1.54, 1.807) is 6.92 Å². The summed E-state index contributed by atoms with van der Waals surface area (Å²) in [4.78, 5) is 89.9. The largest absolute Gasteiger partial charge is 0.508 e. The second-order valence-electron chi connectivity index (χ2n) is 18.9. The van der Waals surface area contributed by atoms with Crippen LogP contribution < -0.4 is 5.43 Å². The summed E-state index contributed by atoms with van der Waals surface area (Å²) in [6.45, 7) is 3.07. The number of hydrogen-bond acceptors (Lipinski definition) is 26. The highest BCUT2D eigenvalue weighted by Crippen LogP contribution is 2.43. The number of anilines is 1. The fraction of sp³-hybridized carbons (Fsp3) is 0.132. The first-order chi connectivity index (χ1) is 40.8. The van der Waals surface area contributed by atoms with Crippen molar-refractivity contribution >= 4 is 91.1 Å². The SMILES string of the molecule is CC1=CC(=O)CC(Cc2cc(O)cc(Cc3cc(O)cc(Cc4cc(O)cc(C)c4N=Nc4cc([N+](=O)[O-])cc([N+](=O)[O-])c4)c3N=Nc3cc([N+](=O)[O-])cc([N+](=O)[O-])c3)c2N=Nc2cc([N+](=O)[O-])cc([N+](=O)[O-])c2)C1=NNc1cccc([N+](=O)[O-])c1.